The van der Waals surface area contributed by atoms with Crippen LogP contribution >= 0.6 is 11.3 Å². The zero-order valence-corrected chi connectivity index (χ0v) is 14.0. The Kier molecular flexibility index (Phi) is 7.01. The molecule has 1 aromatic rings. The Morgan fingerprint density at radius 2 is 1.85 bits per heavy atom. The van der Waals surface area contributed by atoms with Crippen LogP contribution in [0.15, 0.2) is 0 Å². The lowest BCUT2D eigenvalue weighted by Crippen LogP contribution is -2.13. The molecule has 0 amide bonds. The van der Waals surface area contributed by atoms with Crippen molar-refractivity contribution in [2.24, 2.45) is 0 Å². The number of thiazole rings is 1. The minimum atomic E-state index is 0.748. The van der Waals surface area contributed by atoms with Crippen LogP contribution in [0, 0.1) is 0 Å². The van der Waals surface area contributed by atoms with E-state index in [0.29, 0.717) is 0 Å². The number of hydrogen-bond acceptors (Lipinski definition) is 3. The molecule has 0 bridgehead atoms. The van der Waals surface area contributed by atoms with Gasteiger partial charge in [0.2, 0.25) is 0 Å². The largest absolute Gasteiger partial charge is 0.312 e. The van der Waals surface area contributed by atoms with Gasteiger partial charge in [0.05, 0.1) is 10.7 Å². The van der Waals surface area contributed by atoms with Gasteiger partial charge in [0.15, 0.2) is 0 Å². The van der Waals surface area contributed by atoms with Gasteiger partial charge in [-0.05, 0) is 32.2 Å². The first kappa shape index (κ1) is 16.0. The zero-order valence-electron chi connectivity index (χ0n) is 13.2. The smallest absolute Gasteiger partial charge is 0.0962 e. The lowest BCUT2D eigenvalue weighted by molar-refractivity contribution is 0.587. The van der Waals surface area contributed by atoms with Crippen molar-refractivity contribution in [1.82, 2.24) is 10.3 Å². The molecule has 1 heterocycles. The Balaban J connectivity index is 2.05. The summed E-state index contributed by atoms with van der Waals surface area (Å²) in [6, 6.07) is 0. The summed E-state index contributed by atoms with van der Waals surface area (Å²) in [5.74, 6) is 0.748. The van der Waals surface area contributed by atoms with E-state index in [4.69, 9.17) is 4.98 Å². The van der Waals surface area contributed by atoms with Crippen LogP contribution in [0.3, 0.4) is 0 Å². The number of aryl methyl sites for hydroxylation is 1. The Bertz CT molecular complexity index is 378. The fourth-order valence-corrected chi connectivity index (χ4v) is 4.30. The molecular weight excluding hydrogens is 264 g/mol. The second kappa shape index (κ2) is 8.78. The fraction of sp³-hybridized carbons (Fsp3) is 0.824. The quantitative estimate of drug-likeness (QED) is 0.563. The summed E-state index contributed by atoms with van der Waals surface area (Å²) in [6.45, 7) is 6.62. The van der Waals surface area contributed by atoms with E-state index in [2.05, 4.69) is 19.2 Å². The standard InChI is InChI=1S/C17H30N2S/c1-3-9-15-16(13-18-12-4-2)20-17(19-15)14-10-7-5-6-8-11-14/h14,18H,3-13H2,1-2H3. The van der Waals surface area contributed by atoms with Gasteiger partial charge in [-0.3, -0.25) is 0 Å². The van der Waals surface area contributed by atoms with E-state index in [1.807, 2.05) is 11.3 Å². The number of nitrogens with one attached hydrogen (secondary N) is 1. The predicted molar refractivity (Wildman–Crippen MR) is 88.5 cm³/mol. The van der Waals surface area contributed by atoms with Crippen molar-refractivity contribution in [3.8, 4) is 0 Å². The van der Waals surface area contributed by atoms with E-state index in [1.54, 1.807) is 0 Å². The van der Waals surface area contributed by atoms with Crippen molar-refractivity contribution in [2.75, 3.05) is 6.54 Å². The van der Waals surface area contributed by atoms with E-state index in [-0.39, 0.29) is 0 Å². The van der Waals surface area contributed by atoms with Crippen LogP contribution in [0.2, 0.25) is 0 Å². The summed E-state index contributed by atoms with van der Waals surface area (Å²) in [4.78, 5) is 6.52. The lowest BCUT2D eigenvalue weighted by Gasteiger charge is -2.09. The van der Waals surface area contributed by atoms with Crippen molar-refractivity contribution in [3.63, 3.8) is 0 Å². The van der Waals surface area contributed by atoms with Crippen molar-refractivity contribution in [1.29, 1.82) is 0 Å². The molecule has 0 saturated heterocycles. The molecule has 3 heteroatoms. The minimum Gasteiger partial charge on any atom is -0.312 e. The maximum Gasteiger partial charge on any atom is 0.0962 e. The van der Waals surface area contributed by atoms with Gasteiger partial charge in [-0.1, -0.05) is 46.0 Å². The normalized spacial score (nSPS) is 17.3. The maximum atomic E-state index is 5.02. The molecule has 0 spiro atoms. The molecule has 2 rings (SSSR count). The van der Waals surface area contributed by atoms with Gasteiger partial charge in [0.1, 0.15) is 0 Å². The lowest BCUT2D eigenvalue weighted by atomic mass is 10.0. The average molecular weight is 295 g/mol. The van der Waals surface area contributed by atoms with E-state index < -0.39 is 0 Å². The molecule has 1 N–H and O–H groups in total. The molecule has 1 fully saturated rings. The summed E-state index contributed by atoms with van der Waals surface area (Å²) >= 11 is 1.99. The summed E-state index contributed by atoms with van der Waals surface area (Å²) < 4.78 is 0. The molecule has 20 heavy (non-hydrogen) atoms. The molecule has 2 nitrogen and oxygen atoms in total. The van der Waals surface area contributed by atoms with Crippen molar-refractivity contribution >= 4 is 11.3 Å². The van der Waals surface area contributed by atoms with Crippen LogP contribution in [0.1, 0.15) is 86.7 Å². The van der Waals surface area contributed by atoms with E-state index >= 15 is 0 Å². The Hall–Kier alpha value is -0.410. The number of nitrogens with zero attached hydrogens (tertiary/aromatic N) is 1. The van der Waals surface area contributed by atoms with Crippen LogP contribution in [-0.4, -0.2) is 11.5 Å². The highest BCUT2D eigenvalue weighted by Crippen LogP contribution is 2.35. The molecule has 1 aliphatic rings. The molecule has 0 unspecified atom stereocenters. The van der Waals surface area contributed by atoms with E-state index in [9.17, 15) is 0 Å². The fourth-order valence-electron chi connectivity index (χ4n) is 3.05. The summed E-state index contributed by atoms with van der Waals surface area (Å²) in [5.41, 5.74) is 1.38. The molecule has 1 aromatic heterocycles. The van der Waals surface area contributed by atoms with Crippen molar-refractivity contribution in [2.45, 2.75) is 84.1 Å². The Morgan fingerprint density at radius 3 is 2.50 bits per heavy atom. The molecule has 1 aliphatic carbocycles. The third kappa shape index (κ3) is 4.56. The molecule has 0 aliphatic heterocycles. The highest BCUT2D eigenvalue weighted by molar-refractivity contribution is 7.11. The van der Waals surface area contributed by atoms with Gasteiger partial charge in [0.25, 0.3) is 0 Å². The second-order valence-electron chi connectivity index (χ2n) is 6.04. The first-order chi connectivity index (χ1) is 9.85. The average Bonchev–Trinajstić information content (AvgIpc) is 2.68. The zero-order chi connectivity index (χ0) is 14.2. The van der Waals surface area contributed by atoms with Crippen molar-refractivity contribution < 1.29 is 0 Å². The first-order valence-corrected chi connectivity index (χ1v) is 9.36. The summed E-state index contributed by atoms with van der Waals surface area (Å²) in [5, 5.41) is 4.98. The molecule has 0 radical (unpaired) electrons. The molecule has 0 aromatic carbocycles. The molecule has 0 atom stereocenters. The van der Waals surface area contributed by atoms with Crippen LogP contribution < -0.4 is 5.32 Å². The number of hydrogen-bond donors (Lipinski definition) is 1. The van der Waals surface area contributed by atoms with Crippen LogP contribution in [-0.2, 0) is 13.0 Å². The first-order valence-electron chi connectivity index (χ1n) is 8.54. The number of rotatable bonds is 7. The van der Waals surface area contributed by atoms with Gasteiger partial charge in [-0.25, -0.2) is 4.98 Å². The summed E-state index contributed by atoms with van der Waals surface area (Å²) in [7, 11) is 0. The number of aromatic nitrogens is 1. The molecule has 1 saturated carbocycles. The predicted octanol–water partition coefficient (Wildman–Crippen LogP) is 5.03. The third-order valence-electron chi connectivity index (χ3n) is 4.20. The molecule has 114 valence electrons. The summed E-state index contributed by atoms with van der Waals surface area (Å²) in [6.07, 6.45) is 11.9. The minimum absolute atomic E-state index is 0.748. The topological polar surface area (TPSA) is 24.9 Å². The van der Waals surface area contributed by atoms with Crippen LogP contribution in [0.4, 0.5) is 0 Å². The van der Waals surface area contributed by atoms with Gasteiger partial charge >= 0.3 is 0 Å². The van der Waals surface area contributed by atoms with Gasteiger partial charge in [-0.2, -0.15) is 0 Å². The van der Waals surface area contributed by atoms with Gasteiger partial charge in [-0.15, -0.1) is 11.3 Å². The van der Waals surface area contributed by atoms with Gasteiger partial charge < -0.3 is 5.32 Å². The van der Waals surface area contributed by atoms with E-state index in [1.165, 1.54) is 66.9 Å². The highest BCUT2D eigenvalue weighted by Gasteiger charge is 2.20. The highest BCUT2D eigenvalue weighted by atomic mass is 32.1. The van der Waals surface area contributed by atoms with Gasteiger partial charge in [0, 0.05) is 17.3 Å². The molecular formula is C17H30N2S. The maximum absolute atomic E-state index is 5.02. The SMILES string of the molecule is CCCNCc1sc(C2CCCCCC2)nc1CCC. The van der Waals surface area contributed by atoms with E-state index in [0.717, 1.165) is 25.4 Å². The monoisotopic (exact) mass is 294 g/mol. The second-order valence-corrected chi connectivity index (χ2v) is 7.15. The van der Waals surface area contributed by atoms with Crippen LogP contribution in [0.5, 0.6) is 0 Å². The van der Waals surface area contributed by atoms with Crippen LogP contribution in [0.25, 0.3) is 0 Å². The Labute approximate surface area is 128 Å². The third-order valence-corrected chi connectivity index (χ3v) is 5.46. The van der Waals surface area contributed by atoms with Crippen molar-refractivity contribution in [3.05, 3.63) is 15.6 Å². The Morgan fingerprint density at radius 1 is 1.10 bits per heavy atom.